The smallest absolute Gasteiger partial charge is 0.218 e. The first kappa shape index (κ1) is 17.3. The lowest BCUT2D eigenvalue weighted by molar-refractivity contribution is -0.121. The number of nitrogens with zero attached hydrogens (tertiary/aromatic N) is 1. The highest BCUT2D eigenvalue weighted by atomic mass is 32.2. The molecule has 6 nitrogen and oxygen atoms in total. The van der Waals surface area contributed by atoms with Crippen LogP contribution in [0, 0.1) is 11.7 Å². The Kier molecular flexibility index (Phi) is 4.63. The molecule has 24 heavy (non-hydrogen) atoms. The van der Waals surface area contributed by atoms with Gasteiger partial charge in [-0.1, -0.05) is 12.1 Å². The van der Waals surface area contributed by atoms with Crippen LogP contribution in [0.25, 0.3) is 0 Å². The molecule has 1 amide bonds. The molecule has 0 unspecified atom stereocenters. The maximum Gasteiger partial charge on any atom is 0.218 e. The second-order valence-electron chi connectivity index (χ2n) is 6.67. The fourth-order valence-corrected chi connectivity index (χ4v) is 5.37. The van der Waals surface area contributed by atoms with Crippen molar-refractivity contribution in [2.75, 3.05) is 26.2 Å². The maximum atomic E-state index is 13.3. The summed E-state index contributed by atoms with van der Waals surface area (Å²) in [5.74, 6) is -0.790. The van der Waals surface area contributed by atoms with Crippen molar-refractivity contribution in [3.63, 3.8) is 0 Å². The molecule has 2 fully saturated rings. The van der Waals surface area contributed by atoms with Crippen molar-refractivity contribution in [2.45, 2.75) is 24.6 Å². The van der Waals surface area contributed by atoms with Crippen LogP contribution in [-0.4, -0.2) is 50.3 Å². The number of hydrogen-bond acceptors (Lipinski definition) is 4. The van der Waals surface area contributed by atoms with Crippen LogP contribution in [0.4, 0.5) is 4.39 Å². The third kappa shape index (κ3) is 3.45. The van der Waals surface area contributed by atoms with Gasteiger partial charge in [0.1, 0.15) is 5.82 Å². The standard InChI is InChI=1S/C16H22FN3O3S/c1-12(21)19-16-5-6-18-8-14(16)9-20(11-16)24(22,23)10-13-3-2-4-15(17)7-13/h2-4,7,14,18H,5-6,8-11H2,1H3,(H,19,21)/t14-,16-/m1/s1. The molecule has 3 rings (SSSR count). The Morgan fingerprint density at radius 2 is 2.29 bits per heavy atom. The summed E-state index contributed by atoms with van der Waals surface area (Å²) in [7, 11) is -3.57. The van der Waals surface area contributed by atoms with E-state index in [1.165, 1.54) is 29.4 Å². The number of benzene rings is 1. The minimum absolute atomic E-state index is 0.0393. The maximum absolute atomic E-state index is 13.3. The SMILES string of the molecule is CC(=O)N[C@@]12CCNC[C@@H]1CN(S(=O)(=O)Cc1cccc(F)c1)C2. The summed E-state index contributed by atoms with van der Waals surface area (Å²) in [6, 6.07) is 5.64. The van der Waals surface area contributed by atoms with Gasteiger partial charge in [0.05, 0.1) is 11.3 Å². The Bertz CT molecular complexity index is 740. The van der Waals surface area contributed by atoms with Gasteiger partial charge in [-0.3, -0.25) is 4.79 Å². The van der Waals surface area contributed by atoms with Crippen molar-refractivity contribution in [2.24, 2.45) is 5.92 Å². The minimum atomic E-state index is -3.57. The molecule has 0 aromatic heterocycles. The quantitative estimate of drug-likeness (QED) is 0.822. The molecule has 0 saturated carbocycles. The predicted octanol–water partition coefficient (Wildman–Crippen LogP) is 0.456. The van der Waals surface area contributed by atoms with Gasteiger partial charge in [-0.05, 0) is 30.7 Å². The number of amides is 1. The molecule has 2 saturated heterocycles. The van der Waals surface area contributed by atoms with Gasteiger partial charge < -0.3 is 10.6 Å². The molecule has 2 N–H and O–H groups in total. The van der Waals surface area contributed by atoms with Crippen molar-refractivity contribution in [3.8, 4) is 0 Å². The lowest BCUT2D eigenvalue weighted by atomic mass is 9.81. The molecule has 2 aliphatic rings. The number of sulfonamides is 1. The van der Waals surface area contributed by atoms with Crippen LogP contribution in [0.2, 0.25) is 0 Å². The molecule has 132 valence electrons. The number of fused-ring (bicyclic) bond motifs is 1. The summed E-state index contributed by atoms with van der Waals surface area (Å²) >= 11 is 0. The molecule has 2 atom stereocenters. The van der Waals surface area contributed by atoms with Gasteiger partial charge >= 0.3 is 0 Å². The number of hydrogen-bond donors (Lipinski definition) is 2. The van der Waals surface area contributed by atoms with Crippen molar-refractivity contribution in [1.29, 1.82) is 0 Å². The lowest BCUT2D eigenvalue weighted by Crippen LogP contribution is -2.60. The fraction of sp³-hybridized carbons (Fsp3) is 0.562. The molecule has 0 aliphatic carbocycles. The van der Waals surface area contributed by atoms with E-state index < -0.39 is 21.4 Å². The fourth-order valence-electron chi connectivity index (χ4n) is 3.75. The summed E-state index contributed by atoms with van der Waals surface area (Å²) in [6.45, 7) is 3.51. The number of piperidine rings is 1. The van der Waals surface area contributed by atoms with Gasteiger partial charge in [0.25, 0.3) is 0 Å². The van der Waals surface area contributed by atoms with E-state index in [0.29, 0.717) is 25.1 Å². The molecule has 2 aliphatic heterocycles. The second kappa shape index (κ2) is 6.42. The van der Waals surface area contributed by atoms with Crippen molar-refractivity contribution in [1.82, 2.24) is 14.9 Å². The van der Waals surface area contributed by atoms with Crippen molar-refractivity contribution in [3.05, 3.63) is 35.6 Å². The first-order valence-electron chi connectivity index (χ1n) is 8.02. The van der Waals surface area contributed by atoms with Gasteiger partial charge in [0, 0.05) is 32.5 Å². The van der Waals surface area contributed by atoms with Crippen molar-refractivity contribution >= 4 is 15.9 Å². The zero-order chi connectivity index (χ0) is 17.4. The normalized spacial score (nSPS) is 27.7. The van der Waals surface area contributed by atoms with E-state index in [1.54, 1.807) is 6.07 Å². The Hall–Kier alpha value is -1.51. The Morgan fingerprint density at radius 1 is 1.50 bits per heavy atom. The topological polar surface area (TPSA) is 78.5 Å². The van der Waals surface area contributed by atoms with Gasteiger partial charge in [-0.25, -0.2) is 12.8 Å². The van der Waals surface area contributed by atoms with Crippen LogP contribution < -0.4 is 10.6 Å². The second-order valence-corrected chi connectivity index (χ2v) is 8.64. The highest BCUT2D eigenvalue weighted by Gasteiger charge is 2.51. The van der Waals surface area contributed by atoms with Crippen LogP contribution >= 0.6 is 0 Å². The van der Waals surface area contributed by atoms with Crippen LogP contribution in [0.1, 0.15) is 18.9 Å². The monoisotopic (exact) mass is 355 g/mol. The minimum Gasteiger partial charge on any atom is -0.349 e. The lowest BCUT2D eigenvalue weighted by Gasteiger charge is -2.39. The van der Waals surface area contributed by atoms with Crippen LogP contribution in [0.3, 0.4) is 0 Å². The highest BCUT2D eigenvalue weighted by Crippen LogP contribution is 2.35. The third-order valence-electron chi connectivity index (χ3n) is 4.86. The van der Waals surface area contributed by atoms with Crippen LogP contribution in [0.15, 0.2) is 24.3 Å². The Labute approximate surface area is 141 Å². The molecule has 0 radical (unpaired) electrons. The van der Waals surface area contributed by atoms with E-state index in [4.69, 9.17) is 0 Å². The highest BCUT2D eigenvalue weighted by molar-refractivity contribution is 7.88. The van der Waals surface area contributed by atoms with Gasteiger partial charge in [0.15, 0.2) is 0 Å². The zero-order valence-corrected chi connectivity index (χ0v) is 14.4. The average Bonchev–Trinajstić information content (AvgIpc) is 2.86. The molecule has 0 spiro atoms. The number of halogens is 1. The first-order valence-corrected chi connectivity index (χ1v) is 9.63. The van der Waals surface area contributed by atoms with E-state index >= 15 is 0 Å². The largest absolute Gasteiger partial charge is 0.349 e. The third-order valence-corrected chi connectivity index (χ3v) is 6.62. The molecule has 2 heterocycles. The van der Waals surface area contributed by atoms with E-state index in [1.807, 2.05) is 0 Å². The predicted molar refractivity (Wildman–Crippen MR) is 88.1 cm³/mol. The van der Waals surface area contributed by atoms with Gasteiger partial charge in [-0.15, -0.1) is 0 Å². The molecule has 1 aromatic rings. The zero-order valence-electron chi connectivity index (χ0n) is 13.6. The summed E-state index contributed by atoms with van der Waals surface area (Å²) in [5, 5.41) is 6.25. The number of carbonyl (C=O) groups is 1. The van der Waals surface area contributed by atoms with E-state index in [0.717, 1.165) is 6.54 Å². The molecular formula is C16H22FN3O3S. The molecule has 8 heteroatoms. The first-order chi connectivity index (χ1) is 11.3. The number of carbonyl (C=O) groups excluding carboxylic acids is 1. The van der Waals surface area contributed by atoms with E-state index in [-0.39, 0.29) is 24.1 Å². The molecular weight excluding hydrogens is 333 g/mol. The van der Waals surface area contributed by atoms with Crippen LogP contribution in [-0.2, 0) is 20.6 Å². The average molecular weight is 355 g/mol. The Balaban J connectivity index is 1.80. The molecule has 0 bridgehead atoms. The van der Waals surface area contributed by atoms with E-state index in [2.05, 4.69) is 10.6 Å². The van der Waals surface area contributed by atoms with Crippen LogP contribution in [0.5, 0.6) is 0 Å². The summed E-state index contributed by atoms with van der Waals surface area (Å²) < 4.78 is 40.2. The van der Waals surface area contributed by atoms with Gasteiger partial charge in [-0.2, -0.15) is 4.31 Å². The Morgan fingerprint density at radius 3 is 3.00 bits per heavy atom. The molecule has 1 aromatic carbocycles. The van der Waals surface area contributed by atoms with Gasteiger partial charge in [0.2, 0.25) is 15.9 Å². The summed E-state index contributed by atoms with van der Waals surface area (Å²) in [4.78, 5) is 11.6. The summed E-state index contributed by atoms with van der Waals surface area (Å²) in [5.41, 5.74) is -0.0805. The summed E-state index contributed by atoms with van der Waals surface area (Å²) in [6.07, 6.45) is 0.698. The number of nitrogens with one attached hydrogen (secondary N) is 2. The number of rotatable bonds is 4. The van der Waals surface area contributed by atoms with E-state index in [9.17, 15) is 17.6 Å². The van der Waals surface area contributed by atoms with Crippen molar-refractivity contribution < 1.29 is 17.6 Å².